The number of aromatic hydroxyl groups is 1. The van der Waals surface area contributed by atoms with Crippen LogP contribution in [0.3, 0.4) is 0 Å². The fourth-order valence-electron chi connectivity index (χ4n) is 3.21. The van der Waals surface area contributed by atoms with Gasteiger partial charge in [0.2, 0.25) is 0 Å². The summed E-state index contributed by atoms with van der Waals surface area (Å²) >= 11 is 6.98. The Morgan fingerprint density at radius 1 is 1.20 bits per heavy atom. The molecule has 6 nitrogen and oxygen atoms in total. The lowest BCUT2D eigenvalue weighted by Gasteiger charge is -2.13. The lowest BCUT2D eigenvalue weighted by Crippen LogP contribution is -2.12. The zero-order chi connectivity index (χ0) is 21.3. The van der Waals surface area contributed by atoms with E-state index in [1.807, 2.05) is 31.1 Å². The number of phenols is 1. The van der Waals surface area contributed by atoms with Crippen molar-refractivity contribution in [2.24, 2.45) is 0 Å². The highest BCUT2D eigenvalue weighted by Crippen LogP contribution is 2.43. The van der Waals surface area contributed by atoms with Crippen LogP contribution in [0.15, 0.2) is 37.6 Å². The van der Waals surface area contributed by atoms with Gasteiger partial charge in [-0.15, -0.1) is 12.4 Å². The average molecular weight is 564 g/mol. The molecule has 0 aliphatic heterocycles. The molecule has 1 N–H and O–H groups in total. The normalized spacial score (nSPS) is 10.9. The van der Waals surface area contributed by atoms with Gasteiger partial charge in [0.05, 0.1) is 22.7 Å². The molecule has 0 aliphatic rings. The van der Waals surface area contributed by atoms with E-state index in [-0.39, 0.29) is 24.8 Å². The topological polar surface area (TPSA) is 72.1 Å². The van der Waals surface area contributed by atoms with Crippen molar-refractivity contribution in [3.05, 3.63) is 44.3 Å². The summed E-state index contributed by atoms with van der Waals surface area (Å²) in [6, 6.07) is 6.86. The summed E-state index contributed by atoms with van der Waals surface area (Å²) in [5, 5.41) is 11.0. The number of nitrogens with zero attached hydrogens (tertiary/aromatic N) is 1. The molecule has 2 aromatic carbocycles. The van der Waals surface area contributed by atoms with Crippen molar-refractivity contribution >= 4 is 61.2 Å². The second-order valence-electron chi connectivity index (χ2n) is 6.67. The molecule has 30 heavy (non-hydrogen) atoms. The molecule has 0 spiro atoms. The first kappa shape index (κ1) is 24.5. The molecule has 0 aliphatic carbocycles. The van der Waals surface area contributed by atoms with Crippen molar-refractivity contribution in [3.63, 3.8) is 0 Å². The third-order valence-electron chi connectivity index (χ3n) is 4.36. The van der Waals surface area contributed by atoms with E-state index in [2.05, 4.69) is 31.9 Å². The molecule has 3 rings (SSSR count). The Hall–Kier alpha value is -1.74. The van der Waals surface area contributed by atoms with E-state index in [9.17, 15) is 9.90 Å². The molecule has 0 atom stereocenters. The molecule has 0 radical (unpaired) electrons. The fourth-order valence-corrected chi connectivity index (χ4v) is 4.72. The van der Waals surface area contributed by atoms with E-state index in [0.717, 1.165) is 0 Å². The number of benzene rings is 2. The van der Waals surface area contributed by atoms with Crippen LogP contribution in [-0.2, 0) is 11.3 Å². The molecule has 9 heteroatoms. The maximum Gasteiger partial charge on any atom is 0.342 e. The molecule has 0 bridgehead atoms. The Balaban J connectivity index is 0.00000320. The number of fused-ring (bicyclic) bond motifs is 1. The zero-order valence-corrected chi connectivity index (χ0v) is 20.9. The van der Waals surface area contributed by atoms with Crippen LogP contribution < -0.4 is 4.74 Å². The molecule has 1 heterocycles. The van der Waals surface area contributed by atoms with E-state index < -0.39 is 5.97 Å². The first-order valence-corrected chi connectivity index (χ1v) is 10.5. The number of ether oxygens (including phenoxy) is 2. The smallest absolute Gasteiger partial charge is 0.342 e. The van der Waals surface area contributed by atoms with Crippen LogP contribution >= 0.6 is 44.3 Å². The van der Waals surface area contributed by atoms with Gasteiger partial charge in [0.1, 0.15) is 28.4 Å². The number of hydrogen-bond donors (Lipinski definition) is 1. The average Bonchev–Trinajstić information content (AvgIpc) is 3.04. The van der Waals surface area contributed by atoms with Crippen molar-refractivity contribution in [3.8, 4) is 22.8 Å². The number of esters is 1. The minimum Gasteiger partial charge on any atom is -0.508 e. The highest BCUT2D eigenvalue weighted by Gasteiger charge is 2.27. The summed E-state index contributed by atoms with van der Waals surface area (Å²) < 4.78 is 18.2. The number of halogens is 3. The zero-order valence-electron chi connectivity index (χ0n) is 16.9. The Morgan fingerprint density at radius 3 is 2.37 bits per heavy atom. The third-order valence-corrected chi connectivity index (χ3v) is 5.54. The lowest BCUT2D eigenvalue weighted by molar-refractivity contribution is 0.0528. The molecule has 0 fully saturated rings. The predicted octanol–water partition coefficient (Wildman–Crippen LogP) is 6.00. The number of hydrogen-bond acceptors (Lipinski definition) is 6. The largest absolute Gasteiger partial charge is 0.508 e. The molecule has 3 aromatic rings. The van der Waals surface area contributed by atoms with Gasteiger partial charge in [-0.3, -0.25) is 0 Å². The van der Waals surface area contributed by atoms with Crippen LogP contribution in [0.25, 0.3) is 22.3 Å². The van der Waals surface area contributed by atoms with Crippen LogP contribution in [0, 0.1) is 0 Å². The highest BCUT2D eigenvalue weighted by atomic mass is 79.9. The summed E-state index contributed by atoms with van der Waals surface area (Å²) in [6.07, 6.45) is 0. The summed E-state index contributed by atoms with van der Waals surface area (Å²) in [6.45, 7) is 2.41. The number of methoxy groups -OCH3 is 1. The first-order chi connectivity index (χ1) is 13.8. The van der Waals surface area contributed by atoms with Crippen molar-refractivity contribution in [2.75, 3.05) is 27.8 Å². The van der Waals surface area contributed by atoms with Gasteiger partial charge in [0.15, 0.2) is 0 Å². The summed E-state index contributed by atoms with van der Waals surface area (Å²) in [4.78, 5) is 14.8. The quantitative estimate of drug-likeness (QED) is 0.371. The van der Waals surface area contributed by atoms with Gasteiger partial charge in [0.25, 0.3) is 0 Å². The SMILES string of the molecule is CCOC(=O)c1c(-c2cc(Br)c(OC)c(Br)c2)oc2ccc(O)c(CN(C)C)c12.Cl. The first-order valence-electron chi connectivity index (χ1n) is 8.91. The minimum atomic E-state index is -0.505. The van der Waals surface area contributed by atoms with E-state index in [1.165, 1.54) is 0 Å². The molecule has 0 saturated heterocycles. The van der Waals surface area contributed by atoms with Crippen LogP contribution in [0.5, 0.6) is 11.5 Å². The summed E-state index contributed by atoms with van der Waals surface area (Å²) in [7, 11) is 5.36. The maximum atomic E-state index is 12.9. The number of carbonyl (C=O) groups is 1. The Kier molecular flexibility index (Phi) is 8.21. The summed E-state index contributed by atoms with van der Waals surface area (Å²) in [5.74, 6) is 0.595. The van der Waals surface area contributed by atoms with E-state index >= 15 is 0 Å². The maximum absolute atomic E-state index is 12.9. The van der Waals surface area contributed by atoms with Crippen LogP contribution in [-0.4, -0.2) is 43.8 Å². The second-order valence-corrected chi connectivity index (χ2v) is 8.38. The second kappa shape index (κ2) is 10.0. The number of phenolic OH excluding ortho intramolecular Hbond substituents is 1. The highest BCUT2D eigenvalue weighted by molar-refractivity contribution is 9.11. The van der Waals surface area contributed by atoms with Gasteiger partial charge >= 0.3 is 5.97 Å². The van der Waals surface area contributed by atoms with Gasteiger partial charge in [-0.25, -0.2) is 4.79 Å². The predicted molar refractivity (Wildman–Crippen MR) is 126 cm³/mol. The van der Waals surface area contributed by atoms with Crippen LogP contribution in [0.2, 0.25) is 0 Å². The van der Waals surface area contributed by atoms with Crippen LogP contribution in [0.4, 0.5) is 0 Å². The van der Waals surface area contributed by atoms with E-state index in [1.54, 1.807) is 26.2 Å². The van der Waals surface area contributed by atoms with E-state index in [0.29, 0.717) is 54.7 Å². The standard InChI is InChI=1S/C21H21Br2NO5.ClH/c1-5-28-21(26)18-17-12(10-24(2)3)15(25)6-7-16(17)29-19(18)11-8-13(22)20(27-4)14(23)9-11;/h6-9,25H,5,10H2,1-4H3;1H. The number of rotatable bonds is 6. The van der Waals surface area contributed by atoms with Gasteiger partial charge < -0.3 is 23.9 Å². The minimum absolute atomic E-state index is 0. The third kappa shape index (κ3) is 4.61. The van der Waals surface area contributed by atoms with Gasteiger partial charge in [-0.1, -0.05) is 0 Å². The molecular formula is C21H22Br2ClNO5. The molecule has 1 aromatic heterocycles. The Morgan fingerprint density at radius 2 is 1.83 bits per heavy atom. The molecule has 0 unspecified atom stereocenters. The molecular weight excluding hydrogens is 541 g/mol. The molecule has 162 valence electrons. The molecule has 0 amide bonds. The number of carbonyl (C=O) groups excluding carboxylic acids is 1. The lowest BCUT2D eigenvalue weighted by atomic mass is 10.0. The Labute approximate surface area is 197 Å². The summed E-state index contributed by atoms with van der Waals surface area (Å²) in [5.41, 5.74) is 2.07. The van der Waals surface area contributed by atoms with Gasteiger partial charge in [-0.2, -0.15) is 0 Å². The van der Waals surface area contributed by atoms with Crippen molar-refractivity contribution in [1.29, 1.82) is 0 Å². The molecule has 0 saturated carbocycles. The Bertz CT molecular complexity index is 1060. The van der Waals surface area contributed by atoms with E-state index in [4.69, 9.17) is 13.9 Å². The van der Waals surface area contributed by atoms with Crippen molar-refractivity contribution < 1.29 is 23.8 Å². The number of furan rings is 1. The van der Waals surface area contributed by atoms with Gasteiger partial charge in [0, 0.05) is 23.1 Å². The van der Waals surface area contributed by atoms with Crippen molar-refractivity contribution in [2.45, 2.75) is 13.5 Å². The fraction of sp³-hybridized carbons (Fsp3) is 0.286. The van der Waals surface area contributed by atoms with Crippen LogP contribution in [0.1, 0.15) is 22.8 Å². The van der Waals surface area contributed by atoms with Crippen molar-refractivity contribution in [1.82, 2.24) is 4.90 Å². The van der Waals surface area contributed by atoms with Gasteiger partial charge in [-0.05, 0) is 77.1 Å². The monoisotopic (exact) mass is 561 g/mol.